The molecular weight excluding hydrogens is 260 g/mol. The molecule has 0 fully saturated rings. The zero-order chi connectivity index (χ0) is 12.4. The predicted molar refractivity (Wildman–Crippen MR) is 71.0 cm³/mol. The molecule has 0 spiro atoms. The van der Waals surface area contributed by atoms with Gasteiger partial charge in [0.15, 0.2) is 0 Å². The summed E-state index contributed by atoms with van der Waals surface area (Å²) in [6.45, 7) is 2.40. The number of pyridine rings is 1. The van der Waals surface area contributed by atoms with Crippen LogP contribution in [0.2, 0.25) is 5.02 Å². The normalized spacial score (nSPS) is 10.5. The Kier molecular flexibility index (Phi) is 3.49. The summed E-state index contributed by atoms with van der Waals surface area (Å²) in [6.07, 6.45) is 1.55. The van der Waals surface area contributed by atoms with E-state index in [-0.39, 0.29) is 0 Å². The molecule has 0 saturated carbocycles. The number of H-pyrrole nitrogens is 1. The highest BCUT2D eigenvalue weighted by Crippen LogP contribution is 2.29. The average Bonchev–Trinajstić information content (AvgIpc) is 2.76. The zero-order valence-corrected chi connectivity index (χ0v) is 11.0. The molecule has 0 aliphatic carbocycles. The van der Waals surface area contributed by atoms with Crippen molar-refractivity contribution in [3.8, 4) is 5.88 Å². The van der Waals surface area contributed by atoms with Crippen LogP contribution in [0.25, 0.3) is 10.9 Å². The lowest BCUT2D eigenvalue weighted by atomic mass is 10.3. The maximum atomic E-state index is 6.06. The summed E-state index contributed by atoms with van der Waals surface area (Å²) in [7, 11) is 1.55. The van der Waals surface area contributed by atoms with Gasteiger partial charge in [0, 0.05) is 5.39 Å². The number of thiocarbonyl (C=S) groups is 1. The van der Waals surface area contributed by atoms with Crippen molar-refractivity contribution in [2.45, 2.75) is 6.92 Å². The SMILES string of the molecule is CCOC(=S)c1cc2c(Cl)cnc(OC)c2[nH]1. The van der Waals surface area contributed by atoms with Gasteiger partial charge in [-0.1, -0.05) is 11.6 Å². The molecule has 0 bridgehead atoms. The monoisotopic (exact) mass is 270 g/mol. The fourth-order valence-electron chi connectivity index (χ4n) is 1.53. The largest absolute Gasteiger partial charge is 0.482 e. The number of ether oxygens (including phenoxy) is 2. The molecule has 2 heterocycles. The fraction of sp³-hybridized carbons (Fsp3) is 0.273. The van der Waals surface area contributed by atoms with Crippen LogP contribution in [0.1, 0.15) is 12.6 Å². The number of fused-ring (bicyclic) bond motifs is 1. The molecule has 4 nitrogen and oxygen atoms in total. The molecule has 1 N–H and O–H groups in total. The first-order valence-electron chi connectivity index (χ1n) is 5.05. The number of hydrogen-bond donors (Lipinski definition) is 1. The molecule has 6 heteroatoms. The maximum Gasteiger partial charge on any atom is 0.238 e. The second-order valence-corrected chi connectivity index (χ2v) is 4.09. The first-order valence-corrected chi connectivity index (χ1v) is 5.84. The molecule has 17 heavy (non-hydrogen) atoms. The molecule has 0 unspecified atom stereocenters. The number of aromatic amines is 1. The second kappa shape index (κ2) is 4.89. The van der Waals surface area contributed by atoms with E-state index in [1.165, 1.54) is 0 Å². The van der Waals surface area contributed by atoms with Crippen LogP contribution in [-0.2, 0) is 4.74 Å². The van der Waals surface area contributed by atoms with Gasteiger partial charge < -0.3 is 14.5 Å². The van der Waals surface area contributed by atoms with Gasteiger partial charge in [0.25, 0.3) is 0 Å². The van der Waals surface area contributed by atoms with Crippen LogP contribution >= 0.6 is 23.8 Å². The van der Waals surface area contributed by atoms with Gasteiger partial charge in [-0.25, -0.2) is 4.98 Å². The van der Waals surface area contributed by atoms with Crippen LogP contribution in [0.5, 0.6) is 5.88 Å². The molecule has 2 rings (SSSR count). The van der Waals surface area contributed by atoms with Crippen molar-refractivity contribution in [1.82, 2.24) is 9.97 Å². The van der Waals surface area contributed by atoms with Gasteiger partial charge in [0.1, 0.15) is 5.52 Å². The van der Waals surface area contributed by atoms with Crippen molar-refractivity contribution >= 4 is 39.8 Å². The summed E-state index contributed by atoms with van der Waals surface area (Å²) >= 11 is 11.2. The van der Waals surface area contributed by atoms with Gasteiger partial charge in [-0.3, -0.25) is 0 Å². The van der Waals surface area contributed by atoms with Gasteiger partial charge in [-0.2, -0.15) is 0 Å². The number of nitrogens with zero attached hydrogens (tertiary/aromatic N) is 1. The zero-order valence-electron chi connectivity index (χ0n) is 9.41. The summed E-state index contributed by atoms with van der Waals surface area (Å²) in [6, 6.07) is 1.83. The minimum Gasteiger partial charge on any atom is -0.482 e. The van der Waals surface area contributed by atoms with Crippen LogP contribution in [0.15, 0.2) is 12.3 Å². The first-order chi connectivity index (χ1) is 8.17. The van der Waals surface area contributed by atoms with Crippen LogP contribution in [0.3, 0.4) is 0 Å². The highest BCUT2D eigenvalue weighted by Gasteiger charge is 2.13. The van der Waals surface area contributed by atoms with Crippen molar-refractivity contribution in [2.75, 3.05) is 13.7 Å². The number of nitrogens with one attached hydrogen (secondary N) is 1. The standard InChI is InChI=1S/C11H11ClN2O2S/c1-3-16-11(17)8-4-6-7(12)5-13-10(15-2)9(6)14-8/h4-5,14H,3H2,1-2H3. The van der Waals surface area contributed by atoms with Crippen molar-refractivity contribution in [3.63, 3.8) is 0 Å². The molecule has 0 saturated heterocycles. The summed E-state index contributed by atoms with van der Waals surface area (Å²) < 4.78 is 10.4. The third kappa shape index (κ3) is 2.21. The fourth-order valence-corrected chi connectivity index (χ4v) is 1.96. The summed E-state index contributed by atoms with van der Waals surface area (Å²) in [5.74, 6) is 0.481. The first kappa shape index (κ1) is 12.1. The molecule has 0 aliphatic heterocycles. The van der Waals surface area contributed by atoms with Gasteiger partial charge in [-0.05, 0) is 25.2 Å². The van der Waals surface area contributed by atoms with Crippen molar-refractivity contribution < 1.29 is 9.47 Å². The Labute approximate surface area is 109 Å². The van der Waals surface area contributed by atoms with Crippen LogP contribution in [0.4, 0.5) is 0 Å². The molecule has 0 aromatic carbocycles. The van der Waals surface area contributed by atoms with E-state index in [9.17, 15) is 0 Å². The van der Waals surface area contributed by atoms with Crippen molar-refractivity contribution in [1.29, 1.82) is 0 Å². The Hall–Kier alpha value is -1.33. The lowest BCUT2D eigenvalue weighted by molar-refractivity contribution is 0.337. The van der Waals surface area contributed by atoms with Crippen molar-refractivity contribution in [2.24, 2.45) is 0 Å². The topological polar surface area (TPSA) is 47.1 Å². The number of methoxy groups -OCH3 is 1. The Morgan fingerprint density at radius 1 is 1.59 bits per heavy atom. The molecule has 0 aliphatic rings. The number of hydrogen-bond acceptors (Lipinski definition) is 4. The Morgan fingerprint density at radius 3 is 3.00 bits per heavy atom. The lowest BCUT2D eigenvalue weighted by Crippen LogP contribution is -2.02. The van der Waals surface area contributed by atoms with Crippen LogP contribution in [0, 0.1) is 0 Å². The van der Waals surface area contributed by atoms with Gasteiger partial charge in [0.2, 0.25) is 10.9 Å². The highest BCUT2D eigenvalue weighted by atomic mass is 35.5. The lowest BCUT2D eigenvalue weighted by Gasteiger charge is -2.01. The quantitative estimate of drug-likeness (QED) is 0.871. The van der Waals surface area contributed by atoms with Crippen molar-refractivity contribution in [3.05, 3.63) is 23.0 Å². The molecule has 0 atom stereocenters. The predicted octanol–water partition coefficient (Wildman–Crippen LogP) is 2.94. The van der Waals surface area contributed by atoms with E-state index in [1.54, 1.807) is 13.3 Å². The summed E-state index contributed by atoms with van der Waals surface area (Å²) in [4.78, 5) is 7.18. The van der Waals surface area contributed by atoms with Gasteiger partial charge in [0.05, 0.1) is 30.6 Å². The smallest absolute Gasteiger partial charge is 0.238 e. The summed E-state index contributed by atoms with van der Waals surface area (Å²) in [5, 5.41) is 1.76. The second-order valence-electron chi connectivity index (χ2n) is 3.31. The molecular formula is C11H11ClN2O2S. The van der Waals surface area contributed by atoms with Crippen LogP contribution < -0.4 is 4.74 Å². The van der Waals surface area contributed by atoms with E-state index < -0.39 is 0 Å². The van der Waals surface area contributed by atoms with E-state index in [2.05, 4.69) is 9.97 Å². The Bertz CT molecular complexity index is 568. The molecule has 90 valence electrons. The van der Waals surface area contributed by atoms with E-state index in [4.69, 9.17) is 33.3 Å². The average molecular weight is 271 g/mol. The van der Waals surface area contributed by atoms with E-state index in [0.29, 0.717) is 28.3 Å². The van der Waals surface area contributed by atoms with E-state index in [0.717, 1.165) is 10.9 Å². The minimum atomic E-state index is 0.404. The van der Waals surface area contributed by atoms with E-state index >= 15 is 0 Å². The van der Waals surface area contributed by atoms with E-state index in [1.807, 2.05) is 13.0 Å². The van der Waals surface area contributed by atoms with Gasteiger partial charge in [-0.15, -0.1) is 0 Å². The van der Waals surface area contributed by atoms with Crippen LogP contribution in [-0.4, -0.2) is 28.7 Å². The third-order valence-corrected chi connectivity index (χ3v) is 2.91. The summed E-state index contributed by atoms with van der Waals surface area (Å²) in [5.41, 5.74) is 1.42. The number of aromatic nitrogens is 2. The molecule has 2 aromatic heterocycles. The molecule has 0 radical (unpaired) electrons. The number of rotatable bonds is 3. The Balaban J connectivity index is 2.56. The maximum absolute atomic E-state index is 6.06. The third-order valence-electron chi connectivity index (χ3n) is 2.27. The Morgan fingerprint density at radius 2 is 2.35 bits per heavy atom. The molecule has 2 aromatic rings. The van der Waals surface area contributed by atoms with Gasteiger partial charge >= 0.3 is 0 Å². The molecule has 0 amide bonds. The number of halogens is 1. The minimum absolute atomic E-state index is 0.404. The highest BCUT2D eigenvalue weighted by molar-refractivity contribution is 7.80.